The van der Waals surface area contributed by atoms with Gasteiger partial charge in [-0.15, -0.1) is 0 Å². The van der Waals surface area contributed by atoms with Crippen LogP contribution in [0.25, 0.3) is 0 Å². The van der Waals surface area contributed by atoms with E-state index in [2.05, 4.69) is 5.32 Å². The topological polar surface area (TPSA) is 92.4 Å². The third kappa shape index (κ3) is 5.55. The molecule has 0 saturated heterocycles. The quantitative estimate of drug-likeness (QED) is 0.748. The summed E-state index contributed by atoms with van der Waals surface area (Å²) in [6.07, 6.45) is 0.683. The fourth-order valence-corrected chi connectivity index (χ4v) is 2.04. The van der Waals surface area contributed by atoms with Crippen molar-refractivity contribution in [2.45, 2.75) is 45.7 Å². The molecular weight excluding hydrogens is 268 g/mol. The molecule has 1 rings (SSSR count). The average Bonchev–Trinajstić information content (AvgIpc) is 2.41. The number of aliphatic carboxylic acids is 1. The number of hydrogen-bond donors (Lipinski definition) is 3. The van der Waals surface area contributed by atoms with Crippen LogP contribution >= 0.6 is 0 Å². The van der Waals surface area contributed by atoms with Gasteiger partial charge in [0.25, 0.3) is 0 Å². The van der Waals surface area contributed by atoms with E-state index < -0.39 is 17.4 Å². The minimum absolute atomic E-state index is 0.204. The van der Waals surface area contributed by atoms with E-state index in [9.17, 15) is 14.7 Å². The fraction of sp³-hybridized carbons (Fsp3) is 0.500. The number of rotatable bonds is 6. The number of carbonyl (C=O) groups is 2. The SMILES string of the molecule is CC(C)(C)[C@H](NC(=O)CCC(N)c1ccccc1)C(=O)O. The number of nitrogens with one attached hydrogen (secondary N) is 1. The molecule has 0 bridgehead atoms. The number of benzene rings is 1. The first-order chi connectivity index (χ1) is 9.71. The molecule has 1 aromatic rings. The summed E-state index contributed by atoms with van der Waals surface area (Å²) in [5.41, 5.74) is 6.45. The summed E-state index contributed by atoms with van der Waals surface area (Å²) in [5.74, 6) is -1.31. The van der Waals surface area contributed by atoms with Gasteiger partial charge in [-0.05, 0) is 17.4 Å². The van der Waals surface area contributed by atoms with Crippen LogP contribution in [0.1, 0.15) is 45.2 Å². The minimum atomic E-state index is -1.02. The maximum absolute atomic E-state index is 11.9. The largest absolute Gasteiger partial charge is 0.480 e. The molecule has 1 unspecified atom stereocenters. The predicted octanol–water partition coefficient (Wildman–Crippen LogP) is 2.08. The first-order valence-electron chi connectivity index (χ1n) is 7.04. The summed E-state index contributed by atoms with van der Waals surface area (Å²) >= 11 is 0. The molecule has 0 spiro atoms. The molecule has 5 nitrogen and oxygen atoms in total. The van der Waals surface area contributed by atoms with Gasteiger partial charge in [0.2, 0.25) is 5.91 Å². The maximum atomic E-state index is 11.9. The van der Waals surface area contributed by atoms with E-state index in [0.717, 1.165) is 5.56 Å². The molecule has 0 heterocycles. The third-order valence-electron chi connectivity index (χ3n) is 3.33. The Kier molecular flexibility index (Phi) is 5.90. The number of amides is 1. The molecule has 0 fully saturated rings. The lowest BCUT2D eigenvalue weighted by molar-refractivity contribution is -0.145. The van der Waals surface area contributed by atoms with Crippen molar-refractivity contribution in [1.82, 2.24) is 5.32 Å². The highest BCUT2D eigenvalue weighted by Gasteiger charge is 2.32. The Morgan fingerprint density at radius 2 is 1.81 bits per heavy atom. The van der Waals surface area contributed by atoms with Gasteiger partial charge in [0.1, 0.15) is 6.04 Å². The molecule has 4 N–H and O–H groups in total. The lowest BCUT2D eigenvalue weighted by Crippen LogP contribution is -2.49. The molecule has 2 atom stereocenters. The van der Waals surface area contributed by atoms with Crippen molar-refractivity contribution in [3.63, 3.8) is 0 Å². The summed E-state index contributed by atoms with van der Waals surface area (Å²) in [6, 6.07) is 8.40. The predicted molar refractivity (Wildman–Crippen MR) is 81.6 cm³/mol. The van der Waals surface area contributed by atoms with Gasteiger partial charge in [-0.3, -0.25) is 4.79 Å². The van der Waals surface area contributed by atoms with Crippen molar-refractivity contribution in [1.29, 1.82) is 0 Å². The van der Waals surface area contributed by atoms with Crippen LogP contribution in [-0.4, -0.2) is 23.0 Å². The van der Waals surface area contributed by atoms with Gasteiger partial charge in [-0.2, -0.15) is 0 Å². The van der Waals surface area contributed by atoms with Crippen LogP contribution in [0.15, 0.2) is 30.3 Å². The van der Waals surface area contributed by atoms with E-state index in [0.29, 0.717) is 6.42 Å². The highest BCUT2D eigenvalue weighted by molar-refractivity contribution is 5.84. The number of hydrogen-bond acceptors (Lipinski definition) is 3. The molecule has 1 amide bonds. The minimum Gasteiger partial charge on any atom is -0.480 e. The Morgan fingerprint density at radius 3 is 2.29 bits per heavy atom. The first-order valence-corrected chi connectivity index (χ1v) is 7.04. The van der Waals surface area contributed by atoms with Crippen LogP contribution in [0.2, 0.25) is 0 Å². The Bertz CT molecular complexity index is 480. The monoisotopic (exact) mass is 292 g/mol. The van der Waals surface area contributed by atoms with Crippen LogP contribution in [0.3, 0.4) is 0 Å². The van der Waals surface area contributed by atoms with Crippen molar-refractivity contribution in [2.75, 3.05) is 0 Å². The zero-order chi connectivity index (χ0) is 16.0. The van der Waals surface area contributed by atoms with Crippen LogP contribution in [0, 0.1) is 5.41 Å². The summed E-state index contributed by atoms with van der Waals surface area (Å²) < 4.78 is 0. The molecule has 116 valence electrons. The second-order valence-electron chi connectivity index (χ2n) is 6.26. The summed E-state index contributed by atoms with van der Waals surface area (Å²) in [6.45, 7) is 5.34. The zero-order valence-corrected chi connectivity index (χ0v) is 12.8. The Hall–Kier alpha value is -1.88. The van der Waals surface area contributed by atoms with Crippen LogP contribution < -0.4 is 11.1 Å². The first kappa shape index (κ1) is 17.2. The Labute approximate surface area is 125 Å². The maximum Gasteiger partial charge on any atom is 0.326 e. The third-order valence-corrected chi connectivity index (χ3v) is 3.33. The van der Waals surface area contributed by atoms with Gasteiger partial charge in [0.15, 0.2) is 0 Å². The molecule has 1 aromatic carbocycles. The van der Waals surface area contributed by atoms with Crippen LogP contribution in [0.5, 0.6) is 0 Å². The Morgan fingerprint density at radius 1 is 1.24 bits per heavy atom. The van der Waals surface area contributed by atoms with Gasteiger partial charge in [-0.25, -0.2) is 4.79 Å². The van der Waals surface area contributed by atoms with Gasteiger partial charge in [0, 0.05) is 12.5 Å². The second-order valence-corrected chi connectivity index (χ2v) is 6.26. The van der Waals surface area contributed by atoms with Gasteiger partial charge >= 0.3 is 5.97 Å². The van der Waals surface area contributed by atoms with Crippen molar-refractivity contribution >= 4 is 11.9 Å². The van der Waals surface area contributed by atoms with E-state index >= 15 is 0 Å². The molecule has 0 radical (unpaired) electrons. The lowest BCUT2D eigenvalue weighted by atomic mass is 9.86. The van der Waals surface area contributed by atoms with Crippen LogP contribution in [-0.2, 0) is 9.59 Å². The fourth-order valence-electron chi connectivity index (χ4n) is 2.04. The number of carboxylic acids is 1. The highest BCUT2D eigenvalue weighted by atomic mass is 16.4. The van der Waals surface area contributed by atoms with Gasteiger partial charge in [0.05, 0.1) is 0 Å². The van der Waals surface area contributed by atoms with Crippen molar-refractivity contribution < 1.29 is 14.7 Å². The standard InChI is InChI=1S/C16H24N2O3/c1-16(2,3)14(15(20)21)18-13(19)10-9-12(17)11-7-5-4-6-8-11/h4-8,12,14H,9-10,17H2,1-3H3,(H,18,19)(H,20,21)/t12?,14-/m1/s1. The molecule has 0 aliphatic rings. The number of carboxylic acid groups (broad SMARTS) is 1. The van der Waals surface area contributed by atoms with Crippen molar-refractivity contribution in [3.05, 3.63) is 35.9 Å². The normalized spacial score (nSPS) is 14.3. The van der Waals surface area contributed by atoms with E-state index in [1.54, 1.807) is 20.8 Å². The average molecular weight is 292 g/mol. The number of carbonyl (C=O) groups excluding carboxylic acids is 1. The highest BCUT2D eigenvalue weighted by Crippen LogP contribution is 2.20. The molecule has 0 aromatic heterocycles. The van der Waals surface area contributed by atoms with Gasteiger partial charge < -0.3 is 16.2 Å². The molecule has 0 aliphatic carbocycles. The van der Waals surface area contributed by atoms with E-state index in [-0.39, 0.29) is 18.4 Å². The summed E-state index contributed by atoms with van der Waals surface area (Å²) in [5, 5.41) is 11.7. The lowest BCUT2D eigenvalue weighted by Gasteiger charge is -2.27. The second kappa shape index (κ2) is 7.22. The Balaban J connectivity index is 2.52. The van der Waals surface area contributed by atoms with E-state index in [1.807, 2.05) is 30.3 Å². The molecule has 21 heavy (non-hydrogen) atoms. The van der Waals surface area contributed by atoms with Crippen molar-refractivity contribution in [2.24, 2.45) is 11.1 Å². The van der Waals surface area contributed by atoms with E-state index in [4.69, 9.17) is 5.73 Å². The summed E-state index contributed by atoms with van der Waals surface area (Å²) in [7, 11) is 0. The molecular formula is C16H24N2O3. The smallest absolute Gasteiger partial charge is 0.326 e. The number of nitrogens with two attached hydrogens (primary N) is 1. The zero-order valence-electron chi connectivity index (χ0n) is 12.8. The van der Waals surface area contributed by atoms with E-state index in [1.165, 1.54) is 0 Å². The van der Waals surface area contributed by atoms with Crippen LogP contribution in [0.4, 0.5) is 0 Å². The van der Waals surface area contributed by atoms with Gasteiger partial charge in [-0.1, -0.05) is 51.1 Å². The van der Waals surface area contributed by atoms with Crippen molar-refractivity contribution in [3.8, 4) is 0 Å². The molecule has 5 heteroatoms. The molecule has 0 aliphatic heterocycles. The molecule has 0 saturated carbocycles. The summed E-state index contributed by atoms with van der Waals surface area (Å²) in [4.78, 5) is 23.1.